The summed E-state index contributed by atoms with van der Waals surface area (Å²) in [6.45, 7) is 6.03. The zero-order valence-electron chi connectivity index (χ0n) is 7.09. The predicted octanol–water partition coefficient (Wildman–Crippen LogP) is 0.696. The van der Waals surface area contributed by atoms with Crippen molar-refractivity contribution in [2.24, 2.45) is 0 Å². The van der Waals surface area contributed by atoms with Crippen molar-refractivity contribution in [1.29, 1.82) is 0 Å². The van der Waals surface area contributed by atoms with Crippen molar-refractivity contribution in [3.63, 3.8) is 0 Å². The first-order valence-electron chi connectivity index (χ1n) is 3.75. The van der Waals surface area contributed by atoms with Gasteiger partial charge in [-0.2, -0.15) is 0 Å². The molecule has 0 rings (SSSR count). The van der Waals surface area contributed by atoms with E-state index in [9.17, 15) is 0 Å². The SMILES string of the molecule is CC(C)N(C)CCCNO. The Morgan fingerprint density at radius 3 is 2.50 bits per heavy atom. The van der Waals surface area contributed by atoms with E-state index in [-0.39, 0.29) is 0 Å². The standard InChI is InChI=1S/C7H18N2O/c1-7(2)9(3)6-4-5-8-10/h7-8,10H,4-6H2,1-3H3. The molecule has 0 saturated carbocycles. The van der Waals surface area contributed by atoms with Crippen molar-refractivity contribution in [3.8, 4) is 0 Å². The largest absolute Gasteiger partial charge is 0.317 e. The molecule has 62 valence electrons. The summed E-state index contributed by atoms with van der Waals surface area (Å²) in [7, 11) is 2.09. The molecular formula is C7H18N2O. The van der Waals surface area contributed by atoms with E-state index in [0.717, 1.165) is 13.0 Å². The minimum absolute atomic E-state index is 0.596. The van der Waals surface area contributed by atoms with Gasteiger partial charge in [-0.05, 0) is 33.9 Å². The Hall–Kier alpha value is -0.120. The first-order chi connectivity index (χ1) is 4.68. The third-order valence-electron chi connectivity index (χ3n) is 1.68. The number of hydroxylamine groups is 1. The summed E-state index contributed by atoms with van der Waals surface area (Å²) >= 11 is 0. The molecular weight excluding hydrogens is 128 g/mol. The molecule has 0 bridgehead atoms. The van der Waals surface area contributed by atoms with Crippen LogP contribution in [0.25, 0.3) is 0 Å². The Bertz CT molecular complexity index is 76.0. The lowest BCUT2D eigenvalue weighted by molar-refractivity contribution is 0.157. The molecule has 3 heteroatoms. The maximum Gasteiger partial charge on any atom is 0.0219 e. The molecule has 0 aromatic rings. The van der Waals surface area contributed by atoms with Gasteiger partial charge in [-0.3, -0.25) is 0 Å². The van der Waals surface area contributed by atoms with E-state index in [1.54, 1.807) is 0 Å². The Labute approximate surface area is 63.0 Å². The van der Waals surface area contributed by atoms with Crippen molar-refractivity contribution in [2.45, 2.75) is 26.3 Å². The van der Waals surface area contributed by atoms with E-state index >= 15 is 0 Å². The molecule has 3 nitrogen and oxygen atoms in total. The van der Waals surface area contributed by atoms with Crippen LogP contribution in [0.4, 0.5) is 0 Å². The van der Waals surface area contributed by atoms with Crippen LogP contribution in [0.2, 0.25) is 0 Å². The van der Waals surface area contributed by atoms with Crippen molar-refractivity contribution >= 4 is 0 Å². The van der Waals surface area contributed by atoms with Gasteiger partial charge in [0.05, 0.1) is 0 Å². The van der Waals surface area contributed by atoms with Crippen molar-refractivity contribution in [1.82, 2.24) is 10.4 Å². The van der Waals surface area contributed by atoms with Crippen LogP contribution >= 0.6 is 0 Å². The van der Waals surface area contributed by atoms with Gasteiger partial charge >= 0.3 is 0 Å². The quantitative estimate of drug-likeness (QED) is 0.442. The molecule has 0 aliphatic heterocycles. The number of rotatable bonds is 5. The summed E-state index contributed by atoms with van der Waals surface area (Å²) in [4.78, 5) is 2.25. The van der Waals surface area contributed by atoms with Crippen LogP contribution < -0.4 is 5.48 Å². The zero-order valence-corrected chi connectivity index (χ0v) is 7.09. The van der Waals surface area contributed by atoms with Gasteiger partial charge in [0.15, 0.2) is 0 Å². The van der Waals surface area contributed by atoms with Gasteiger partial charge in [-0.25, -0.2) is 5.48 Å². The van der Waals surface area contributed by atoms with E-state index in [1.807, 2.05) is 0 Å². The van der Waals surface area contributed by atoms with Gasteiger partial charge < -0.3 is 10.1 Å². The van der Waals surface area contributed by atoms with Crippen LogP contribution in [0.3, 0.4) is 0 Å². The Morgan fingerprint density at radius 1 is 1.50 bits per heavy atom. The molecule has 0 saturated heterocycles. The molecule has 2 N–H and O–H groups in total. The van der Waals surface area contributed by atoms with Crippen LogP contribution in [0, 0.1) is 0 Å². The van der Waals surface area contributed by atoms with Gasteiger partial charge in [-0.15, -0.1) is 0 Å². The second kappa shape index (κ2) is 5.65. The van der Waals surface area contributed by atoms with E-state index in [4.69, 9.17) is 5.21 Å². The van der Waals surface area contributed by atoms with Crippen molar-refractivity contribution in [2.75, 3.05) is 20.1 Å². The topological polar surface area (TPSA) is 35.5 Å². The smallest absolute Gasteiger partial charge is 0.0219 e. The summed E-state index contributed by atoms with van der Waals surface area (Å²) in [5, 5.41) is 8.25. The molecule has 0 heterocycles. The first kappa shape index (κ1) is 9.88. The van der Waals surface area contributed by atoms with Gasteiger partial charge in [-0.1, -0.05) is 0 Å². The lowest BCUT2D eigenvalue weighted by Crippen LogP contribution is -2.29. The van der Waals surface area contributed by atoms with E-state index in [0.29, 0.717) is 12.6 Å². The number of nitrogens with one attached hydrogen (secondary N) is 1. The molecule has 0 radical (unpaired) electrons. The molecule has 0 aliphatic carbocycles. The highest BCUT2D eigenvalue weighted by Gasteiger charge is 2.00. The average Bonchev–Trinajstić information content (AvgIpc) is 1.88. The number of nitrogens with zero attached hydrogens (tertiary/aromatic N) is 1. The highest BCUT2D eigenvalue weighted by molar-refractivity contribution is 4.56. The highest BCUT2D eigenvalue weighted by atomic mass is 16.5. The zero-order chi connectivity index (χ0) is 7.98. The molecule has 10 heavy (non-hydrogen) atoms. The Morgan fingerprint density at radius 2 is 2.10 bits per heavy atom. The summed E-state index contributed by atoms with van der Waals surface area (Å²) in [5.74, 6) is 0. The van der Waals surface area contributed by atoms with Crippen molar-refractivity contribution in [3.05, 3.63) is 0 Å². The monoisotopic (exact) mass is 146 g/mol. The Balaban J connectivity index is 3.13. The minimum Gasteiger partial charge on any atom is -0.317 e. The summed E-state index contributed by atoms with van der Waals surface area (Å²) in [5.41, 5.74) is 2.14. The summed E-state index contributed by atoms with van der Waals surface area (Å²) in [6.07, 6.45) is 0.991. The van der Waals surface area contributed by atoms with Crippen LogP contribution in [0.5, 0.6) is 0 Å². The molecule has 0 unspecified atom stereocenters. The predicted molar refractivity (Wildman–Crippen MR) is 42.2 cm³/mol. The lowest BCUT2D eigenvalue weighted by atomic mass is 10.3. The first-order valence-corrected chi connectivity index (χ1v) is 3.75. The second-order valence-corrected chi connectivity index (χ2v) is 2.84. The van der Waals surface area contributed by atoms with Crippen LogP contribution in [-0.2, 0) is 0 Å². The van der Waals surface area contributed by atoms with E-state index in [2.05, 4.69) is 31.3 Å². The lowest BCUT2D eigenvalue weighted by Gasteiger charge is -2.20. The van der Waals surface area contributed by atoms with Crippen LogP contribution in [0.15, 0.2) is 0 Å². The second-order valence-electron chi connectivity index (χ2n) is 2.84. The molecule has 0 aromatic heterocycles. The average molecular weight is 146 g/mol. The molecule has 0 fully saturated rings. The molecule has 0 aliphatic rings. The third kappa shape index (κ3) is 4.73. The molecule has 0 aromatic carbocycles. The summed E-state index contributed by atoms with van der Waals surface area (Å²) in [6, 6.07) is 0.596. The normalized spacial score (nSPS) is 11.4. The molecule has 0 amide bonds. The third-order valence-corrected chi connectivity index (χ3v) is 1.68. The maximum absolute atomic E-state index is 8.25. The maximum atomic E-state index is 8.25. The van der Waals surface area contributed by atoms with Gasteiger partial charge in [0.25, 0.3) is 0 Å². The number of hydrogen-bond acceptors (Lipinski definition) is 3. The molecule has 0 spiro atoms. The van der Waals surface area contributed by atoms with Gasteiger partial charge in [0.1, 0.15) is 0 Å². The minimum atomic E-state index is 0.596. The van der Waals surface area contributed by atoms with E-state index < -0.39 is 0 Å². The van der Waals surface area contributed by atoms with Gasteiger partial charge in [0.2, 0.25) is 0 Å². The fourth-order valence-corrected chi connectivity index (χ4v) is 0.666. The number of hydrogen-bond donors (Lipinski definition) is 2. The van der Waals surface area contributed by atoms with E-state index in [1.165, 1.54) is 0 Å². The molecule has 0 atom stereocenters. The van der Waals surface area contributed by atoms with Crippen LogP contribution in [0.1, 0.15) is 20.3 Å². The fraction of sp³-hybridized carbons (Fsp3) is 1.00. The van der Waals surface area contributed by atoms with Crippen LogP contribution in [-0.4, -0.2) is 36.3 Å². The fourth-order valence-electron chi connectivity index (χ4n) is 0.666. The summed E-state index contributed by atoms with van der Waals surface area (Å²) < 4.78 is 0. The Kier molecular flexibility index (Phi) is 5.58. The van der Waals surface area contributed by atoms with Gasteiger partial charge in [0, 0.05) is 12.6 Å². The highest BCUT2D eigenvalue weighted by Crippen LogP contribution is 1.93. The van der Waals surface area contributed by atoms with Crippen molar-refractivity contribution < 1.29 is 5.21 Å².